The Hall–Kier alpha value is -0.360. The molecular formula is C12H21Cl2N3OS. The Morgan fingerprint density at radius 3 is 2.53 bits per heavy atom. The zero-order valence-electron chi connectivity index (χ0n) is 11.4. The van der Waals surface area contributed by atoms with Crippen molar-refractivity contribution in [3.8, 4) is 0 Å². The molecule has 2 heterocycles. The molecule has 110 valence electrons. The van der Waals surface area contributed by atoms with Gasteiger partial charge in [-0.2, -0.15) is 0 Å². The monoisotopic (exact) mass is 325 g/mol. The lowest BCUT2D eigenvalue weighted by Gasteiger charge is -2.26. The quantitative estimate of drug-likeness (QED) is 0.896. The lowest BCUT2D eigenvalue weighted by molar-refractivity contribution is 0.0946. The van der Waals surface area contributed by atoms with Crippen LogP contribution in [0.4, 0.5) is 0 Å². The number of hydrogen-bond donors (Lipinski definition) is 2. The standard InChI is InChI=1S/C12H19N3OS.2ClH/c1-12(2,3)11-15-7-9(17-11)10(16)14-6-8-4-13-5-8;;/h7-8,13H,4-6H2,1-3H3,(H,14,16);2*1H. The smallest absolute Gasteiger partial charge is 0.263 e. The Morgan fingerprint density at radius 2 is 2.11 bits per heavy atom. The van der Waals surface area contributed by atoms with Gasteiger partial charge in [-0.1, -0.05) is 20.8 Å². The first-order valence-electron chi connectivity index (χ1n) is 5.92. The van der Waals surface area contributed by atoms with E-state index in [2.05, 4.69) is 36.4 Å². The van der Waals surface area contributed by atoms with Gasteiger partial charge in [0.15, 0.2) is 0 Å². The van der Waals surface area contributed by atoms with Gasteiger partial charge in [-0.3, -0.25) is 4.79 Å². The van der Waals surface area contributed by atoms with E-state index >= 15 is 0 Å². The van der Waals surface area contributed by atoms with E-state index in [-0.39, 0.29) is 36.1 Å². The predicted octanol–water partition coefficient (Wildman–Crippen LogP) is 2.23. The minimum absolute atomic E-state index is 0. The molecule has 1 fully saturated rings. The van der Waals surface area contributed by atoms with Crippen LogP contribution in [0.15, 0.2) is 6.20 Å². The molecule has 0 radical (unpaired) electrons. The first kappa shape index (κ1) is 18.6. The van der Waals surface area contributed by atoms with Crippen LogP contribution in [0.1, 0.15) is 35.5 Å². The number of nitrogens with one attached hydrogen (secondary N) is 2. The minimum atomic E-state index is 0. The fraction of sp³-hybridized carbons (Fsp3) is 0.667. The first-order valence-corrected chi connectivity index (χ1v) is 6.73. The van der Waals surface area contributed by atoms with Crippen molar-refractivity contribution in [1.29, 1.82) is 0 Å². The number of nitrogens with zero attached hydrogens (tertiary/aromatic N) is 1. The highest BCUT2D eigenvalue weighted by Crippen LogP contribution is 2.26. The first-order chi connectivity index (χ1) is 7.97. The van der Waals surface area contributed by atoms with Crippen molar-refractivity contribution in [2.24, 2.45) is 5.92 Å². The lowest BCUT2D eigenvalue weighted by atomic mass is 9.98. The van der Waals surface area contributed by atoms with Crippen LogP contribution >= 0.6 is 36.2 Å². The number of rotatable bonds is 3. The van der Waals surface area contributed by atoms with Gasteiger partial charge in [-0.05, 0) is 0 Å². The summed E-state index contributed by atoms with van der Waals surface area (Å²) in [6, 6.07) is 0. The normalized spacial score (nSPS) is 14.9. The molecule has 2 rings (SSSR count). The Balaban J connectivity index is 0.00000162. The largest absolute Gasteiger partial charge is 0.351 e. The van der Waals surface area contributed by atoms with Crippen LogP contribution in [0.5, 0.6) is 0 Å². The van der Waals surface area contributed by atoms with Gasteiger partial charge in [0.05, 0.1) is 11.2 Å². The molecule has 19 heavy (non-hydrogen) atoms. The second-order valence-corrected chi connectivity index (χ2v) is 6.54. The highest BCUT2D eigenvalue weighted by Gasteiger charge is 2.21. The van der Waals surface area contributed by atoms with Crippen LogP contribution < -0.4 is 10.6 Å². The number of carbonyl (C=O) groups excluding carboxylic acids is 1. The van der Waals surface area contributed by atoms with Gasteiger partial charge in [-0.15, -0.1) is 36.2 Å². The summed E-state index contributed by atoms with van der Waals surface area (Å²) in [5.41, 5.74) is 0.0150. The maximum absolute atomic E-state index is 11.9. The molecule has 1 saturated heterocycles. The van der Waals surface area contributed by atoms with Crippen molar-refractivity contribution in [1.82, 2.24) is 15.6 Å². The summed E-state index contributed by atoms with van der Waals surface area (Å²) < 4.78 is 0. The Bertz CT molecular complexity index is 413. The third-order valence-electron chi connectivity index (χ3n) is 2.79. The molecule has 0 spiro atoms. The van der Waals surface area contributed by atoms with E-state index in [1.165, 1.54) is 11.3 Å². The molecule has 0 saturated carbocycles. The average molecular weight is 326 g/mol. The zero-order valence-corrected chi connectivity index (χ0v) is 13.8. The zero-order chi connectivity index (χ0) is 12.5. The number of hydrogen-bond acceptors (Lipinski definition) is 4. The van der Waals surface area contributed by atoms with Gasteiger partial charge in [-0.25, -0.2) is 4.98 Å². The van der Waals surface area contributed by atoms with Crippen molar-refractivity contribution in [2.75, 3.05) is 19.6 Å². The summed E-state index contributed by atoms with van der Waals surface area (Å²) in [5.74, 6) is 0.596. The van der Waals surface area contributed by atoms with E-state index in [1.807, 2.05) is 0 Å². The second kappa shape index (κ2) is 7.43. The number of amides is 1. The highest BCUT2D eigenvalue weighted by atomic mass is 35.5. The van der Waals surface area contributed by atoms with Crippen molar-refractivity contribution in [2.45, 2.75) is 26.2 Å². The summed E-state index contributed by atoms with van der Waals surface area (Å²) in [7, 11) is 0. The molecule has 0 bridgehead atoms. The maximum atomic E-state index is 11.9. The number of thiazole rings is 1. The number of halogens is 2. The summed E-state index contributed by atoms with van der Waals surface area (Å²) >= 11 is 1.49. The van der Waals surface area contributed by atoms with Crippen LogP contribution in [0.25, 0.3) is 0 Å². The van der Waals surface area contributed by atoms with Gasteiger partial charge in [0.2, 0.25) is 0 Å². The highest BCUT2D eigenvalue weighted by molar-refractivity contribution is 7.13. The average Bonchev–Trinajstić information content (AvgIpc) is 2.62. The molecule has 0 aromatic carbocycles. The Morgan fingerprint density at radius 1 is 1.47 bits per heavy atom. The van der Waals surface area contributed by atoms with Crippen LogP contribution in [0.2, 0.25) is 0 Å². The maximum Gasteiger partial charge on any atom is 0.263 e. The molecule has 7 heteroatoms. The Kier molecular flexibility index (Phi) is 7.29. The van der Waals surface area contributed by atoms with Gasteiger partial charge < -0.3 is 10.6 Å². The van der Waals surface area contributed by atoms with E-state index in [9.17, 15) is 4.79 Å². The van der Waals surface area contributed by atoms with E-state index in [0.717, 1.165) is 24.6 Å². The SMILES string of the molecule is CC(C)(C)c1ncc(C(=O)NCC2CNC2)s1.Cl.Cl. The number of aromatic nitrogens is 1. The van der Waals surface area contributed by atoms with Crippen LogP contribution in [-0.2, 0) is 5.41 Å². The van der Waals surface area contributed by atoms with Gasteiger partial charge in [0.1, 0.15) is 4.88 Å². The molecule has 1 aromatic rings. The minimum Gasteiger partial charge on any atom is -0.351 e. The van der Waals surface area contributed by atoms with E-state index in [0.29, 0.717) is 10.8 Å². The molecule has 1 aromatic heterocycles. The van der Waals surface area contributed by atoms with E-state index in [1.54, 1.807) is 6.20 Å². The van der Waals surface area contributed by atoms with Crippen molar-refractivity contribution in [3.05, 3.63) is 16.1 Å². The topological polar surface area (TPSA) is 54.0 Å². The summed E-state index contributed by atoms with van der Waals surface area (Å²) in [6.07, 6.45) is 1.68. The fourth-order valence-electron chi connectivity index (χ4n) is 1.54. The van der Waals surface area contributed by atoms with Gasteiger partial charge >= 0.3 is 0 Å². The summed E-state index contributed by atoms with van der Waals surface area (Å²) in [5, 5.41) is 7.15. The van der Waals surface area contributed by atoms with Gasteiger partial charge in [0, 0.05) is 31.0 Å². The van der Waals surface area contributed by atoms with Crippen LogP contribution in [0, 0.1) is 5.92 Å². The summed E-state index contributed by atoms with van der Waals surface area (Å²) in [4.78, 5) is 16.9. The molecule has 2 N–H and O–H groups in total. The summed E-state index contributed by atoms with van der Waals surface area (Å²) in [6.45, 7) is 9.09. The van der Waals surface area contributed by atoms with E-state index < -0.39 is 0 Å². The molecule has 1 aliphatic rings. The van der Waals surface area contributed by atoms with E-state index in [4.69, 9.17) is 0 Å². The third kappa shape index (κ3) is 4.91. The molecule has 4 nitrogen and oxygen atoms in total. The van der Waals surface area contributed by atoms with Crippen molar-refractivity contribution >= 4 is 42.1 Å². The number of carbonyl (C=O) groups is 1. The third-order valence-corrected chi connectivity index (χ3v) is 4.21. The predicted molar refractivity (Wildman–Crippen MR) is 84.0 cm³/mol. The second-order valence-electron chi connectivity index (χ2n) is 5.51. The molecule has 0 atom stereocenters. The molecule has 1 aliphatic heterocycles. The van der Waals surface area contributed by atoms with Crippen molar-refractivity contribution in [3.63, 3.8) is 0 Å². The van der Waals surface area contributed by atoms with Gasteiger partial charge in [0.25, 0.3) is 5.91 Å². The molecule has 0 aliphatic carbocycles. The molecule has 1 amide bonds. The molecular weight excluding hydrogens is 305 g/mol. The fourth-order valence-corrected chi connectivity index (χ4v) is 2.43. The van der Waals surface area contributed by atoms with Crippen LogP contribution in [-0.4, -0.2) is 30.5 Å². The molecule has 0 unspecified atom stereocenters. The Labute approximate surface area is 130 Å². The van der Waals surface area contributed by atoms with Crippen molar-refractivity contribution < 1.29 is 4.79 Å². The van der Waals surface area contributed by atoms with Crippen LogP contribution in [0.3, 0.4) is 0 Å². The lowest BCUT2D eigenvalue weighted by Crippen LogP contribution is -2.48.